The number of ether oxygens (including phenoxy) is 1. The van der Waals surface area contributed by atoms with E-state index in [0.29, 0.717) is 12.1 Å². The van der Waals surface area contributed by atoms with Crippen LogP contribution in [0, 0.1) is 17.2 Å². The molecule has 2 aliphatic rings. The molecule has 6 nitrogen and oxygen atoms in total. The number of esters is 1. The van der Waals surface area contributed by atoms with Crippen LogP contribution in [0.1, 0.15) is 57.8 Å². The van der Waals surface area contributed by atoms with E-state index in [4.69, 9.17) is 4.74 Å². The normalized spacial score (nSPS) is 25.5. The highest BCUT2D eigenvalue weighted by atomic mass is 19.1. The molecule has 1 aromatic rings. The lowest BCUT2D eigenvalue weighted by Gasteiger charge is -2.38. The molecule has 0 bridgehead atoms. The van der Waals surface area contributed by atoms with Crippen LogP contribution >= 0.6 is 0 Å². The number of hydrogen-bond donors (Lipinski definition) is 2. The third-order valence-corrected chi connectivity index (χ3v) is 5.84. The van der Waals surface area contributed by atoms with Crippen molar-refractivity contribution in [3.8, 4) is 0 Å². The van der Waals surface area contributed by atoms with Crippen molar-refractivity contribution >= 4 is 11.9 Å². The van der Waals surface area contributed by atoms with Gasteiger partial charge in [-0.3, -0.25) is 10.2 Å². The van der Waals surface area contributed by atoms with Gasteiger partial charge in [0, 0.05) is 30.3 Å². The number of halogens is 1. The molecule has 0 spiro atoms. The number of nitrogens with one attached hydrogen (secondary N) is 2. The number of benzene rings is 1. The Kier molecular flexibility index (Phi) is 6.62. The summed E-state index contributed by atoms with van der Waals surface area (Å²) in [6, 6.07) is 5.51. The maximum atomic E-state index is 13.7. The number of nitrogens with zero attached hydrogens (tertiary/aromatic N) is 1. The molecule has 2 heterocycles. The lowest BCUT2D eigenvalue weighted by atomic mass is 9.70. The van der Waals surface area contributed by atoms with Gasteiger partial charge in [0.2, 0.25) is 0 Å². The number of carbonyl (C=O) groups is 2. The molecule has 2 N–H and O–H groups in total. The summed E-state index contributed by atoms with van der Waals surface area (Å²) in [5.41, 5.74) is 7.00. The highest BCUT2D eigenvalue weighted by Crippen LogP contribution is 2.42. The molecule has 1 saturated heterocycles. The van der Waals surface area contributed by atoms with Crippen molar-refractivity contribution < 1.29 is 18.7 Å². The Morgan fingerprint density at radius 1 is 1.30 bits per heavy atom. The van der Waals surface area contributed by atoms with Crippen LogP contribution in [0.15, 0.2) is 36.0 Å². The maximum Gasteiger partial charge on any atom is 0.337 e. The molecule has 3 rings (SSSR count). The number of fused-ring (bicyclic) bond motifs is 1. The Morgan fingerprint density at radius 3 is 2.67 bits per heavy atom. The lowest BCUT2D eigenvalue weighted by molar-refractivity contribution is -0.143. The number of carbonyl (C=O) groups excluding carboxylic acids is 2. The molecule has 0 radical (unpaired) electrons. The van der Waals surface area contributed by atoms with Crippen LogP contribution in [0.3, 0.4) is 0 Å². The molecule has 0 aliphatic carbocycles. The summed E-state index contributed by atoms with van der Waals surface area (Å²) >= 11 is 0. The van der Waals surface area contributed by atoms with Gasteiger partial charge in [0.05, 0.1) is 17.7 Å². The summed E-state index contributed by atoms with van der Waals surface area (Å²) in [7, 11) is 0. The standard InChI is InChI=1S/C23H32FN3O3/c1-6-8-18-19-20(26-25-18)17(22(29)30-14(2)3)12-27(13-23(19,4)5)21(28)15-9-7-10-16(24)11-15/h7,9-12,14,18-20,25-26H,6,8,13H2,1-5H3. The van der Waals surface area contributed by atoms with Crippen molar-refractivity contribution in [1.29, 1.82) is 0 Å². The molecule has 3 unspecified atom stereocenters. The smallest absolute Gasteiger partial charge is 0.337 e. The Hall–Kier alpha value is -2.25. The highest BCUT2D eigenvalue weighted by Gasteiger charge is 2.50. The van der Waals surface area contributed by atoms with Crippen molar-refractivity contribution in [2.75, 3.05) is 6.54 Å². The van der Waals surface area contributed by atoms with Gasteiger partial charge in [-0.1, -0.05) is 33.3 Å². The van der Waals surface area contributed by atoms with Crippen LogP contribution in [0.2, 0.25) is 0 Å². The monoisotopic (exact) mass is 417 g/mol. The van der Waals surface area contributed by atoms with Gasteiger partial charge in [-0.25, -0.2) is 14.6 Å². The third-order valence-electron chi connectivity index (χ3n) is 5.84. The number of amides is 1. The van der Waals surface area contributed by atoms with Gasteiger partial charge < -0.3 is 9.64 Å². The van der Waals surface area contributed by atoms with Gasteiger partial charge in [-0.15, -0.1) is 0 Å². The average molecular weight is 418 g/mol. The molecule has 7 heteroatoms. The zero-order chi connectivity index (χ0) is 22.1. The van der Waals surface area contributed by atoms with E-state index in [9.17, 15) is 14.0 Å². The number of hydrogen-bond acceptors (Lipinski definition) is 5. The second kappa shape index (κ2) is 8.86. The van der Waals surface area contributed by atoms with Gasteiger partial charge in [0.15, 0.2) is 0 Å². The largest absolute Gasteiger partial charge is 0.460 e. The van der Waals surface area contributed by atoms with Crippen molar-refractivity contribution in [1.82, 2.24) is 15.8 Å². The fourth-order valence-electron chi connectivity index (χ4n) is 4.66. The molecular formula is C23H32FN3O3. The van der Waals surface area contributed by atoms with E-state index in [1.807, 2.05) is 0 Å². The van der Waals surface area contributed by atoms with Crippen molar-refractivity contribution in [2.24, 2.45) is 11.3 Å². The van der Waals surface area contributed by atoms with Gasteiger partial charge in [-0.05, 0) is 43.9 Å². The average Bonchev–Trinajstić information content (AvgIpc) is 3.03. The van der Waals surface area contributed by atoms with Gasteiger partial charge in [0.25, 0.3) is 5.91 Å². The molecule has 0 aromatic heterocycles. The highest BCUT2D eigenvalue weighted by molar-refractivity contribution is 5.97. The fraction of sp³-hybridized carbons (Fsp3) is 0.565. The van der Waals surface area contributed by atoms with Crippen LogP contribution in [0.4, 0.5) is 4.39 Å². The maximum absolute atomic E-state index is 13.7. The molecule has 3 atom stereocenters. The minimum Gasteiger partial charge on any atom is -0.460 e. The minimum absolute atomic E-state index is 0.0775. The second-order valence-corrected chi connectivity index (χ2v) is 9.16. The summed E-state index contributed by atoms with van der Waals surface area (Å²) in [5, 5.41) is 0. The first-order valence-electron chi connectivity index (χ1n) is 10.6. The lowest BCUT2D eigenvalue weighted by Crippen LogP contribution is -2.45. The zero-order valence-electron chi connectivity index (χ0n) is 18.4. The van der Waals surface area contributed by atoms with Gasteiger partial charge in [-0.2, -0.15) is 0 Å². The Balaban J connectivity index is 2.03. The molecule has 2 aliphatic heterocycles. The summed E-state index contributed by atoms with van der Waals surface area (Å²) in [6.07, 6.45) is 3.26. The summed E-state index contributed by atoms with van der Waals surface area (Å²) in [4.78, 5) is 27.8. The Bertz CT molecular complexity index is 837. The van der Waals surface area contributed by atoms with Crippen LogP contribution in [-0.4, -0.2) is 41.5 Å². The first kappa shape index (κ1) is 22.4. The second-order valence-electron chi connectivity index (χ2n) is 9.16. The zero-order valence-corrected chi connectivity index (χ0v) is 18.4. The van der Waals surface area contributed by atoms with Crippen LogP contribution in [0.25, 0.3) is 0 Å². The molecule has 1 aromatic carbocycles. The van der Waals surface area contributed by atoms with Crippen molar-refractivity contribution in [3.63, 3.8) is 0 Å². The first-order valence-corrected chi connectivity index (χ1v) is 10.6. The van der Waals surface area contributed by atoms with Gasteiger partial charge >= 0.3 is 5.97 Å². The van der Waals surface area contributed by atoms with Crippen LogP contribution < -0.4 is 10.9 Å². The number of rotatable bonds is 5. The Morgan fingerprint density at radius 2 is 2.03 bits per heavy atom. The topological polar surface area (TPSA) is 70.7 Å². The minimum atomic E-state index is -0.468. The predicted octanol–water partition coefficient (Wildman–Crippen LogP) is 3.40. The summed E-state index contributed by atoms with van der Waals surface area (Å²) in [6.45, 7) is 10.4. The molecule has 1 amide bonds. The number of hydrazine groups is 1. The third kappa shape index (κ3) is 4.57. The van der Waals surface area contributed by atoms with E-state index in [1.165, 1.54) is 23.1 Å². The molecule has 0 saturated carbocycles. The van der Waals surface area contributed by atoms with Gasteiger partial charge in [0.1, 0.15) is 5.82 Å². The molecular weight excluding hydrogens is 385 g/mol. The van der Waals surface area contributed by atoms with Crippen LogP contribution in [-0.2, 0) is 9.53 Å². The van der Waals surface area contributed by atoms with Crippen molar-refractivity contribution in [3.05, 3.63) is 47.4 Å². The quantitative estimate of drug-likeness (QED) is 0.719. The van der Waals surface area contributed by atoms with E-state index in [0.717, 1.165) is 12.8 Å². The first-order chi connectivity index (χ1) is 14.1. The van der Waals surface area contributed by atoms with Crippen LogP contribution in [0.5, 0.6) is 0 Å². The van der Waals surface area contributed by atoms with E-state index in [1.54, 1.807) is 26.1 Å². The van der Waals surface area contributed by atoms with E-state index in [2.05, 4.69) is 31.6 Å². The Labute approximate surface area is 177 Å². The van der Waals surface area contributed by atoms with E-state index >= 15 is 0 Å². The summed E-state index contributed by atoms with van der Waals surface area (Å²) in [5.74, 6) is -1.17. The summed E-state index contributed by atoms with van der Waals surface area (Å²) < 4.78 is 19.2. The van der Waals surface area contributed by atoms with E-state index in [-0.39, 0.29) is 41.0 Å². The predicted molar refractivity (Wildman–Crippen MR) is 113 cm³/mol. The molecule has 1 fully saturated rings. The van der Waals surface area contributed by atoms with E-state index < -0.39 is 11.8 Å². The van der Waals surface area contributed by atoms with Crippen molar-refractivity contribution in [2.45, 2.75) is 65.6 Å². The SMILES string of the molecule is CCCC1NNC2C(C(=O)OC(C)C)=CN(C(=O)c3cccc(F)c3)CC(C)(C)C12. The fourth-order valence-corrected chi connectivity index (χ4v) is 4.66. The molecule has 30 heavy (non-hydrogen) atoms. The molecule has 164 valence electrons.